The standard InChI is InChI=1S/C14H20ClN3O3S.ClH/c15-12-3-1-4-13(11-12)22(20,21)18-9-7-17(8-10-18)14(19)5-2-6-16;/h1,3-4,11H,2,5-10,16H2;1H. The maximum Gasteiger partial charge on any atom is 0.243 e. The number of halogens is 2. The van der Waals surface area contributed by atoms with Crippen LogP contribution in [-0.2, 0) is 14.8 Å². The van der Waals surface area contributed by atoms with Crippen molar-refractivity contribution in [1.29, 1.82) is 0 Å². The van der Waals surface area contributed by atoms with Crippen molar-refractivity contribution in [2.45, 2.75) is 17.7 Å². The molecular formula is C14H21Cl2N3O3S. The van der Waals surface area contributed by atoms with Crippen LogP contribution < -0.4 is 5.73 Å². The van der Waals surface area contributed by atoms with E-state index in [1.807, 2.05) is 0 Å². The molecule has 130 valence electrons. The van der Waals surface area contributed by atoms with Crippen molar-refractivity contribution in [3.05, 3.63) is 29.3 Å². The summed E-state index contributed by atoms with van der Waals surface area (Å²) < 4.78 is 26.5. The Bertz CT molecular complexity index is 632. The first-order chi connectivity index (χ1) is 10.4. The number of nitrogens with two attached hydrogens (primary N) is 1. The van der Waals surface area contributed by atoms with Crippen molar-refractivity contribution < 1.29 is 13.2 Å². The van der Waals surface area contributed by atoms with Gasteiger partial charge in [-0.2, -0.15) is 4.31 Å². The van der Waals surface area contributed by atoms with E-state index in [9.17, 15) is 13.2 Å². The Morgan fingerprint density at radius 3 is 2.43 bits per heavy atom. The lowest BCUT2D eigenvalue weighted by Crippen LogP contribution is -2.50. The van der Waals surface area contributed by atoms with Gasteiger partial charge in [0, 0.05) is 37.6 Å². The average molecular weight is 382 g/mol. The van der Waals surface area contributed by atoms with Gasteiger partial charge in [-0.3, -0.25) is 4.79 Å². The highest BCUT2D eigenvalue weighted by Gasteiger charge is 2.29. The Morgan fingerprint density at radius 2 is 1.87 bits per heavy atom. The van der Waals surface area contributed by atoms with Crippen molar-refractivity contribution in [2.75, 3.05) is 32.7 Å². The van der Waals surface area contributed by atoms with Crippen LogP contribution in [-0.4, -0.2) is 56.3 Å². The highest BCUT2D eigenvalue weighted by molar-refractivity contribution is 7.89. The fourth-order valence-electron chi connectivity index (χ4n) is 2.37. The summed E-state index contributed by atoms with van der Waals surface area (Å²) >= 11 is 5.86. The molecule has 0 saturated carbocycles. The summed E-state index contributed by atoms with van der Waals surface area (Å²) in [6.45, 7) is 1.88. The third kappa shape index (κ3) is 5.06. The maximum absolute atomic E-state index is 12.5. The number of hydrogen-bond acceptors (Lipinski definition) is 4. The fourth-order valence-corrected chi connectivity index (χ4v) is 4.09. The van der Waals surface area contributed by atoms with E-state index in [0.717, 1.165) is 0 Å². The zero-order valence-corrected chi connectivity index (χ0v) is 15.0. The molecule has 1 amide bonds. The van der Waals surface area contributed by atoms with E-state index in [1.165, 1.54) is 16.4 Å². The van der Waals surface area contributed by atoms with E-state index in [1.54, 1.807) is 17.0 Å². The molecule has 1 fully saturated rings. The van der Waals surface area contributed by atoms with Crippen LogP contribution in [0.25, 0.3) is 0 Å². The Labute approximate surface area is 148 Å². The molecule has 6 nitrogen and oxygen atoms in total. The topological polar surface area (TPSA) is 83.7 Å². The molecule has 1 aromatic carbocycles. The number of benzene rings is 1. The molecule has 1 heterocycles. The Kier molecular flexibility index (Phi) is 7.76. The van der Waals surface area contributed by atoms with Gasteiger partial charge in [0.05, 0.1) is 4.90 Å². The zero-order valence-electron chi connectivity index (χ0n) is 12.7. The molecule has 2 rings (SSSR count). The van der Waals surface area contributed by atoms with E-state index in [4.69, 9.17) is 17.3 Å². The van der Waals surface area contributed by atoms with E-state index >= 15 is 0 Å². The van der Waals surface area contributed by atoms with E-state index < -0.39 is 10.0 Å². The number of nitrogens with zero attached hydrogens (tertiary/aromatic N) is 2. The van der Waals surface area contributed by atoms with Crippen LogP contribution in [0.2, 0.25) is 5.02 Å². The minimum atomic E-state index is -3.56. The highest BCUT2D eigenvalue weighted by atomic mass is 35.5. The second kappa shape index (κ2) is 8.84. The molecule has 2 N–H and O–H groups in total. The van der Waals surface area contributed by atoms with Crippen LogP contribution in [0, 0.1) is 0 Å². The third-order valence-corrected chi connectivity index (χ3v) is 5.75. The van der Waals surface area contributed by atoms with Crippen molar-refractivity contribution in [3.63, 3.8) is 0 Å². The van der Waals surface area contributed by atoms with E-state index in [-0.39, 0.29) is 23.2 Å². The number of rotatable bonds is 5. The van der Waals surface area contributed by atoms with Gasteiger partial charge in [0.15, 0.2) is 0 Å². The molecule has 1 aliphatic heterocycles. The number of amides is 1. The van der Waals surface area contributed by atoms with Gasteiger partial charge in [0.2, 0.25) is 15.9 Å². The van der Waals surface area contributed by atoms with Crippen LogP contribution in [0.4, 0.5) is 0 Å². The third-order valence-electron chi connectivity index (χ3n) is 3.62. The van der Waals surface area contributed by atoms with E-state index in [0.29, 0.717) is 50.6 Å². The lowest BCUT2D eigenvalue weighted by Gasteiger charge is -2.34. The molecule has 0 atom stereocenters. The monoisotopic (exact) mass is 381 g/mol. The summed E-state index contributed by atoms with van der Waals surface area (Å²) in [6.07, 6.45) is 1.07. The quantitative estimate of drug-likeness (QED) is 0.833. The van der Waals surface area contributed by atoms with Crippen LogP contribution >= 0.6 is 24.0 Å². The molecule has 1 aromatic rings. The van der Waals surface area contributed by atoms with Gasteiger partial charge >= 0.3 is 0 Å². The molecule has 23 heavy (non-hydrogen) atoms. The summed E-state index contributed by atoms with van der Waals surface area (Å²) in [5, 5.41) is 0.386. The normalized spacial score (nSPS) is 16.0. The second-order valence-electron chi connectivity index (χ2n) is 5.13. The van der Waals surface area contributed by atoms with Gasteiger partial charge < -0.3 is 10.6 Å². The second-order valence-corrected chi connectivity index (χ2v) is 7.51. The number of piperazine rings is 1. The minimum absolute atomic E-state index is 0. The summed E-state index contributed by atoms with van der Waals surface area (Å²) in [6, 6.07) is 6.21. The summed E-state index contributed by atoms with van der Waals surface area (Å²) in [5.41, 5.74) is 5.39. The maximum atomic E-state index is 12.5. The molecule has 0 bridgehead atoms. The van der Waals surface area contributed by atoms with Crippen LogP contribution in [0.3, 0.4) is 0 Å². The van der Waals surface area contributed by atoms with Crippen molar-refractivity contribution >= 4 is 39.9 Å². The highest BCUT2D eigenvalue weighted by Crippen LogP contribution is 2.21. The van der Waals surface area contributed by atoms with Crippen molar-refractivity contribution in [3.8, 4) is 0 Å². The van der Waals surface area contributed by atoms with Gasteiger partial charge in [0.1, 0.15) is 0 Å². The molecule has 0 aromatic heterocycles. The summed E-state index contributed by atoms with van der Waals surface area (Å²) in [5.74, 6) is 0.0326. The lowest BCUT2D eigenvalue weighted by atomic mass is 10.2. The Balaban J connectivity index is 0.00000264. The van der Waals surface area contributed by atoms with Crippen molar-refractivity contribution in [1.82, 2.24) is 9.21 Å². The first-order valence-corrected chi connectivity index (χ1v) is 9.00. The Hall–Kier alpha value is -0.860. The summed E-state index contributed by atoms with van der Waals surface area (Å²) in [4.78, 5) is 13.8. The number of sulfonamides is 1. The Morgan fingerprint density at radius 1 is 1.22 bits per heavy atom. The zero-order chi connectivity index (χ0) is 16.2. The minimum Gasteiger partial charge on any atom is -0.340 e. The number of carbonyl (C=O) groups is 1. The average Bonchev–Trinajstić information content (AvgIpc) is 2.52. The van der Waals surface area contributed by atoms with Gasteiger partial charge in [-0.25, -0.2) is 8.42 Å². The fraction of sp³-hybridized carbons (Fsp3) is 0.500. The lowest BCUT2D eigenvalue weighted by molar-refractivity contribution is -0.132. The molecule has 0 unspecified atom stereocenters. The van der Waals surface area contributed by atoms with Crippen LogP contribution in [0.15, 0.2) is 29.2 Å². The SMILES string of the molecule is Cl.NCCCC(=O)N1CCN(S(=O)(=O)c2cccc(Cl)c2)CC1. The molecular weight excluding hydrogens is 361 g/mol. The molecule has 0 radical (unpaired) electrons. The summed E-state index contributed by atoms with van der Waals surface area (Å²) in [7, 11) is -3.56. The van der Waals surface area contributed by atoms with Gasteiger partial charge in [-0.1, -0.05) is 17.7 Å². The molecule has 0 spiro atoms. The number of carbonyl (C=O) groups excluding carboxylic acids is 1. The molecule has 0 aliphatic carbocycles. The van der Waals surface area contributed by atoms with Crippen LogP contribution in [0.5, 0.6) is 0 Å². The molecule has 1 saturated heterocycles. The largest absolute Gasteiger partial charge is 0.340 e. The van der Waals surface area contributed by atoms with E-state index in [2.05, 4.69) is 0 Å². The number of hydrogen-bond donors (Lipinski definition) is 1. The predicted octanol–water partition coefficient (Wildman–Crippen LogP) is 1.33. The van der Waals surface area contributed by atoms with Gasteiger partial charge in [-0.15, -0.1) is 12.4 Å². The van der Waals surface area contributed by atoms with Gasteiger partial charge in [-0.05, 0) is 31.2 Å². The van der Waals surface area contributed by atoms with Gasteiger partial charge in [0.25, 0.3) is 0 Å². The first-order valence-electron chi connectivity index (χ1n) is 7.18. The smallest absolute Gasteiger partial charge is 0.243 e. The predicted molar refractivity (Wildman–Crippen MR) is 92.3 cm³/mol. The first kappa shape index (κ1) is 20.2. The van der Waals surface area contributed by atoms with Crippen molar-refractivity contribution in [2.24, 2.45) is 5.73 Å². The molecule has 1 aliphatic rings. The molecule has 9 heteroatoms. The van der Waals surface area contributed by atoms with Crippen LogP contribution in [0.1, 0.15) is 12.8 Å².